The molecule has 1 aromatic rings. The molecule has 88 valence electrons. The summed E-state index contributed by atoms with van der Waals surface area (Å²) in [6, 6.07) is 4.11. The minimum Gasteiger partial charge on any atom is -0.376 e. The number of ether oxygens (including phenoxy) is 1. The Morgan fingerprint density at radius 3 is 3.12 bits per heavy atom. The van der Waals surface area contributed by atoms with Gasteiger partial charge in [-0.25, -0.2) is 0 Å². The fourth-order valence-electron chi connectivity index (χ4n) is 1.90. The topological polar surface area (TPSA) is 25.4 Å². The second kappa shape index (κ2) is 5.75. The van der Waals surface area contributed by atoms with Crippen molar-refractivity contribution >= 4 is 15.9 Å². The third kappa shape index (κ3) is 3.27. The smallest absolute Gasteiger partial charge is 0.0700 e. The molecule has 0 aliphatic carbocycles. The Kier molecular flexibility index (Phi) is 4.32. The number of halogens is 1. The summed E-state index contributed by atoms with van der Waals surface area (Å²) < 4.78 is 6.68. The van der Waals surface area contributed by atoms with Crippen molar-refractivity contribution in [2.45, 2.75) is 26.0 Å². The molecule has 1 aliphatic rings. The van der Waals surface area contributed by atoms with Crippen LogP contribution >= 0.6 is 15.9 Å². The summed E-state index contributed by atoms with van der Waals surface area (Å²) in [5.74, 6) is 0. The Bertz CT molecular complexity index is 328. The van der Waals surface area contributed by atoms with Gasteiger partial charge in [0.1, 0.15) is 0 Å². The molecule has 0 amide bonds. The molecule has 0 aromatic carbocycles. The van der Waals surface area contributed by atoms with Crippen LogP contribution in [0.15, 0.2) is 22.8 Å². The van der Waals surface area contributed by atoms with E-state index in [1.165, 1.54) is 0 Å². The van der Waals surface area contributed by atoms with Crippen LogP contribution in [0.5, 0.6) is 0 Å². The van der Waals surface area contributed by atoms with E-state index in [1.54, 1.807) is 0 Å². The molecule has 2 rings (SSSR count). The molecule has 1 unspecified atom stereocenters. The maximum Gasteiger partial charge on any atom is 0.0700 e. The van der Waals surface area contributed by atoms with Gasteiger partial charge in [-0.15, -0.1) is 0 Å². The zero-order chi connectivity index (χ0) is 11.4. The minimum absolute atomic E-state index is 0.393. The molecule has 2 heterocycles. The third-order valence-corrected chi connectivity index (χ3v) is 3.32. The highest BCUT2D eigenvalue weighted by Gasteiger charge is 2.18. The lowest BCUT2D eigenvalue weighted by molar-refractivity contribution is -0.0328. The summed E-state index contributed by atoms with van der Waals surface area (Å²) in [6.07, 6.45) is 3.33. The molecule has 1 aliphatic heterocycles. The normalized spacial score (nSPS) is 22.2. The number of hydrogen-bond acceptors (Lipinski definition) is 3. The zero-order valence-corrected chi connectivity index (χ0v) is 11.1. The summed E-state index contributed by atoms with van der Waals surface area (Å²) >= 11 is 3.40. The Morgan fingerprint density at radius 1 is 1.56 bits per heavy atom. The van der Waals surface area contributed by atoms with Crippen LogP contribution < -0.4 is 0 Å². The van der Waals surface area contributed by atoms with Crippen LogP contribution in [0.4, 0.5) is 0 Å². The average Bonchev–Trinajstić information content (AvgIpc) is 2.32. The number of aromatic nitrogens is 1. The van der Waals surface area contributed by atoms with Gasteiger partial charge in [0.05, 0.1) is 18.4 Å². The van der Waals surface area contributed by atoms with Crippen molar-refractivity contribution in [1.29, 1.82) is 0 Å². The van der Waals surface area contributed by atoms with Gasteiger partial charge in [-0.05, 0) is 34.5 Å². The summed E-state index contributed by atoms with van der Waals surface area (Å²) in [6.45, 7) is 5.97. The molecule has 0 spiro atoms. The van der Waals surface area contributed by atoms with Crippen molar-refractivity contribution in [1.82, 2.24) is 9.88 Å². The van der Waals surface area contributed by atoms with E-state index in [0.29, 0.717) is 6.10 Å². The molecule has 0 N–H and O–H groups in total. The van der Waals surface area contributed by atoms with E-state index in [1.807, 2.05) is 12.3 Å². The van der Waals surface area contributed by atoms with Gasteiger partial charge in [0.2, 0.25) is 0 Å². The van der Waals surface area contributed by atoms with Crippen LogP contribution in [0.1, 0.15) is 19.0 Å². The van der Waals surface area contributed by atoms with Crippen molar-refractivity contribution in [2.75, 3.05) is 19.7 Å². The summed E-state index contributed by atoms with van der Waals surface area (Å²) in [5, 5.41) is 0. The van der Waals surface area contributed by atoms with Crippen molar-refractivity contribution in [2.24, 2.45) is 0 Å². The highest BCUT2D eigenvalue weighted by molar-refractivity contribution is 9.10. The highest BCUT2D eigenvalue weighted by Crippen LogP contribution is 2.13. The number of morpholine rings is 1. The van der Waals surface area contributed by atoms with Crippen molar-refractivity contribution in [3.63, 3.8) is 0 Å². The van der Waals surface area contributed by atoms with E-state index in [-0.39, 0.29) is 0 Å². The summed E-state index contributed by atoms with van der Waals surface area (Å²) in [4.78, 5) is 6.80. The maximum absolute atomic E-state index is 5.64. The first-order chi connectivity index (χ1) is 7.78. The third-order valence-electron chi connectivity index (χ3n) is 2.85. The van der Waals surface area contributed by atoms with Crippen molar-refractivity contribution in [3.8, 4) is 0 Å². The molecule has 1 saturated heterocycles. The summed E-state index contributed by atoms with van der Waals surface area (Å²) in [5.41, 5.74) is 1.12. The van der Waals surface area contributed by atoms with Crippen LogP contribution in [-0.2, 0) is 11.3 Å². The molecule has 1 aromatic heterocycles. The fourth-order valence-corrected chi connectivity index (χ4v) is 2.13. The minimum atomic E-state index is 0.393. The average molecular weight is 285 g/mol. The number of nitrogens with zero attached hydrogens (tertiary/aromatic N) is 2. The molecule has 4 heteroatoms. The first-order valence-electron chi connectivity index (χ1n) is 5.72. The van der Waals surface area contributed by atoms with Crippen LogP contribution in [0.2, 0.25) is 0 Å². The van der Waals surface area contributed by atoms with E-state index < -0.39 is 0 Å². The van der Waals surface area contributed by atoms with E-state index in [2.05, 4.69) is 38.8 Å². The molecule has 1 fully saturated rings. The lowest BCUT2D eigenvalue weighted by atomic mass is 10.2. The SMILES string of the molecule is CCC1CN(Cc2ccc(Br)cn2)CCO1. The Hall–Kier alpha value is -0.450. The van der Waals surface area contributed by atoms with Crippen LogP contribution in [0.25, 0.3) is 0 Å². The van der Waals surface area contributed by atoms with E-state index >= 15 is 0 Å². The molecule has 1 atom stereocenters. The zero-order valence-electron chi connectivity index (χ0n) is 9.53. The number of rotatable bonds is 3. The quantitative estimate of drug-likeness (QED) is 0.853. The first kappa shape index (κ1) is 12.0. The lowest BCUT2D eigenvalue weighted by Gasteiger charge is -2.32. The van der Waals surface area contributed by atoms with E-state index in [9.17, 15) is 0 Å². The predicted octanol–water partition coefficient (Wildman–Crippen LogP) is 2.45. The molecular formula is C12H17BrN2O. The Balaban J connectivity index is 1.91. The molecule has 0 saturated carbocycles. The van der Waals surface area contributed by atoms with Crippen LogP contribution in [0, 0.1) is 0 Å². The molecule has 0 bridgehead atoms. The van der Waals surface area contributed by atoms with E-state index in [0.717, 1.165) is 42.8 Å². The first-order valence-corrected chi connectivity index (χ1v) is 6.51. The van der Waals surface area contributed by atoms with Crippen molar-refractivity contribution < 1.29 is 4.74 Å². The van der Waals surface area contributed by atoms with Crippen molar-refractivity contribution in [3.05, 3.63) is 28.5 Å². The number of pyridine rings is 1. The van der Waals surface area contributed by atoms with Gasteiger partial charge in [-0.2, -0.15) is 0 Å². The Morgan fingerprint density at radius 2 is 2.44 bits per heavy atom. The molecule has 0 radical (unpaired) electrons. The summed E-state index contributed by atoms with van der Waals surface area (Å²) in [7, 11) is 0. The second-order valence-electron chi connectivity index (χ2n) is 4.10. The van der Waals surface area contributed by atoms with Gasteiger partial charge in [0.15, 0.2) is 0 Å². The molecule has 16 heavy (non-hydrogen) atoms. The largest absolute Gasteiger partial charge is 0.376 e. The van der Waals surface area contributed by atoms with Gasteiger partial charge in [0.25, 0.3) is 0 Å². The monoisotopic (exact) mass is 284 g/mol. The van der Waals surface area contributed by atoms with Gasteiger partial charge >= 0.3 is 0 Å². The standard InChI is InChI=1S/C12H17BrN2O/c1-2-12-9-15(5-6-16-12)8-11-4-3-10(13)7-14-11/h3-4,7,12H,2,5-6,8-9H2,1H3. The number of hydrogen-bond donors (Lipinski definition) is 0. The maximum atomic E-state index is 5.64. The fraction of sp³-hybridized carbons (Fsp3) is 0.583. The van der Waals surface area contributed by atoms with Gasteiger partial charge in [-0.1, -0.05) is 6.92 Å². The van der Waals surface area contributed by atoms with E-state index in [4.69, 9.17) is 4.74 Å². The molecule has 3 nitrogen and oxygen atoms in total. The second-order valence-corrected chi connectivity index (χ2v) is 5.02. The molecular weight excluding hydrogens is 268 g/mol. The lowest BCUT2D eigenvalue weighted by Crippen LogP contribution is -2.41. The van der Waals surface area contributed by atoms with Gasteiger partial charge in [-0.3, -0.25) is 9.88 Å². The Labute approximate surface area is 105 Å². The van der Waals surface area contributed by atoms with Crippen LogP contribution in [-0.4, -0.2) is 35.7 Å². The van der Waals surface area contributed by atoms with Crippen LogP contribution in [0.3, 0.4) is 0 Å². The predicted molar refractivity (Wildman–Crippen MR) is 67.2 cm³/mol. The van der Waals surface area contributed by atoms with Gasteiger partial charge < -0.3 is 4.74 Å². The highest BCUT2D eigenvalue weighted by atomic mass is 79.9. The van der Waals surface area contributed by atoms with Gasteiger partial charge in [0, 0.05) is 30.3 Å².